The lowest BCUT2D eigenvalue weighted by molar-refractivity contribution is 0.0985. The molecule has 0 unspecified atom stereocenters. The number of benzene rings is 1. The Hall–Kier alpha value is -2.82. The van der Waals surface area contributed by atoms with Crippen LogP contribution in [0.25, 0.3) is 5.52 Å². The van der Waals surface area contributed by atoms with Gasteiger partial charge in [-0.05, 0) is 74.4 Å². The first-order chi connectivity index (χ1) is 14.2. The van der Waals surface area contributed by atoms with Crippen LogP contribution in [-0.2, 0) is 6.42 Å². The van der Waals surface area contributed by atoms with E-state index in [4.69, 9.17) is 0 Å². The highest BCUT2D eigenvalue weighted by molar-refractivity contribution is 6.07. The number of piperidine rings is 1. The number of nitrogens with zero attached hydrogens (tertiary/aromatic N) is 4. The minimum atomic E-state index is 0.0757. The van der Waals surface area contributed by atoms with E-state index in [1.807, 2.05) is 27.6 Å². The molecule has 0 N–H and O–H groups in total. The quantitative estimate of drug-likeness (QED) is 0.653. The summed E-state index contributed by atoms with van der Waals surface area (Å²) in [6.45, 7) is 4.21. The maximum Gasteiger partial charge on any atom is 0.258 e. The molecule has 2 aliphatic rings. The maximum atomic E-state index is 13.3. The van der Waals surface area contributed by atoms with E-state index >= 15 is 0 Å². The van der Waals surface area contributed by atoms with Crippen molar-refractivity contribution in [3.8, 4) is 0 Å². The molecule has 0 radical (unpaired) electrons. The molecule has 2 aliphatic heterocycles. The molecule has 3 aromatic rings. The molecular weight excluding hydrogens is 360 g/mol. The van der Waals surface area contributed by atoms with Crippen LogP contribution in [0.5, 0.6) is 0 Å². The van der Waals surface area contributed by atoms with Gasteiger partial charge in [-0.15, -0.1) is 0 Å². The highest BCUT2D eigenvalue weighted by atomic mass is 16.2. The molecule has 5 rings (SSSR count). The van der Waals surface area contributed by atoms with E-state index in [1.54, 1.807) is 12.5 Å². The Morgan fingerprint density at radius 2 is 2.07 bits per heavy atom. The standard InChI is InChI=1S/C24H28N4O/c1-2-20-7-3-4-11-27(20)21-8-9-23-18(14-21)6-5-12-28(23)24(29)19-10-13-26-17-25-16-22(26)15-19/h8-10,13-17,20H,2-7,11-12H2,1H3/t20-/m0/s1. The molecule has 1 fully saturated rings. The monoisotopic (exact) mass is 388 g/mol. The number of fused-ring (bicyclic) bond motifs is 2. The van der Waals surface area contributed by atoms with Gasteiger partial charge in [0.1, 0.15) is 0 Å². The summed E-state index contributed by atoms with van der Waals surface area (Å²) in [5.41, 5.74) is 5.36. The molecule has 0 saturated carbocycles. The summed E-state index contributed by atoms with van der Waals surface area (Å²) in [6.07, 6.45) is 12.6. The summed E-state index contributed by atoms with van der Waals surface area (Å²) in [4.78, 5) is 22.0. The molecule has 0 spiro atoms. The number of aryl methyl sites for hydroxylation is 1. The molecule has 0 aliphatic carbocycles. The lowest BCUT2D eigenvalue weighted by Gasteiger charge is -2.38. The van der Waals surface area contributed by atoms with Crippen molar-refractivity contribution in [2.75, 3.05) is 22.9 Å². The first-order valence-corrected chi connectivity index (χ1v) is 10.9. The first-order valence-electron chi connectivity index (χ1n) is 10.9. The van der Waals surface area contributed by atoms with Crippen molar-refractivity contribution >= 4 is 22.8 Å². The van der Waals surface area contributed by atoms with Gasteiger partial charge in [0.2, 0.25) is 0 Å². The third-order valence-corrected chi connectivity index (χ3v) is 6.52. The van der Waals surface area contributed by atoms with Crippen LogP contribution in [-0.4, -0.2) is 34.4 Å². The highest BCUT2D eigenvalue weighted by Crippen LogP contribution is 2.34. The van der Waals surface area contributed by atoms with E-state index in [0.717, 1.165) is 42.7 Å². The van der Waals surface area contributed by atoms with E-state index in [-0.39, 0.29) is 5.91 Å². The summed E-state index contributed by atoms with van der Waals surface area (Å²) in [5.74, 6) is 0.0757. The number of aromatic nitrogens is 2. The van der Waals surface area contributed by atoms with Crippen LogP contribution >= 0.6 is 0 Å². The Labute approximate surface area is 172 Å². The number of anilines is 2. The summed E-state index contributed by atoms with van der Waals surface area (Å²) in [7, 11) is 0. The van der Waals surface area contributed by atoms with Gasteiger partial charge in [0.25, 0.3) is 5.91 Å². The van der Waals surface area contributed by atoms with Crippen LogP contribution in [0.4, 0.5) is 11.4 Å². The zero-order valence-electron chi connectivity index (χ0n) is 17.1. The number of carbonyl (C=O) groups excluding carboxylic acids is 1. The number of carbonyl (C=O) groups is 1. The SMILES string of the molecule is CC[C@H]1CCCCN1c1ccc2c(c1)CCCN2C(=O)c1ccn2cncc2c1. The summed E-state index contributed by atoms with van der Waals surface area (Å²) < 4.78 is 1.93. The van der Waals surface area contributed by atoms with Gasteiger partial charge < -0.3 is 14.2 Å². The largest absolute Gasteiger partial charge is 0.369 e. The van der Waals surface area contributed by atoms with Crippen molar-refractivity contribution in [1.82, 2.24) is 9.38 Å². The molecule has 1 amide bonds. The van der Waals surface area contributed by atoms with Crippen molar-refractivity contribution in [2.24, 2.45) is 0 Å². The smallest absolute Gasteiger partial charge is 0.258 e. The Kier molecular flexibility index (Phi) is 4.74. The summed E-state index contributed by atoms with van der Waals surface area (Å²) in [6, 6.07) is 11.2. The molecule has 5 heteroatoms. The third kappa shape index (κ3) is 3.28. The van der Waals surface area contributed by atoms with Gasteiger partial charge in [0, 0.05) is 42.3 Å². The van der Waals surface area contributed by atoms with E-state index in [0.29, 0.717) is 6.04 Å². The van der Waals surface area contributed by atoms with Gasteiger partial charge >= 0.3 is 0 Å². The molecule has 4 heterocycles. The second-order valence-electron chi connectivity index (χ2n) is 8.27. The summed E-state index contributed by atoms with van der Waals surface area (Å²) >= 11 is 0. The molecular formula is C24H28N4O. The highest BCUT2D eigenvalue weighted by Gasteiger charge is 2.26. The Morgan fingerprint density at radius 3 is 2.97 bits per heavy atom. The van der Waals surface area contributed by atoms with E-state index < -0.39 is 0 Å². The maximum absolute atomic E-state index is 13.3. The van der Waals surface area contributed by atoms with Crippen LogP contribution in [0.3, 0.4) is 0 Å². The van der Waals surface area contributed by atoms with E-state index in [2.05, 4.69) is 35.0 Å². The topological polar surface area (TPSA) is 40.9 Å². The molecule has 29 heavy (non-hydrogen) atoms. The van der Waals surface area contributed by atoms with Crippen LogP contribution in [0, 0.1) is 0 Å². The van der Waals surface area contributed by atoms with Gasteiger partial charge in [-0.3, -0.25) is 4.79 Å². The second kappa shape index (κ2) is 7.54. The molecule has 5 nitrogen and oxygen atoms in total. The van der Waals surface area contributed by atoms with Crippen molar-refractivity contribution in [1.29, 1.82) is 0 Å². The Morgan fingerprint density at radius 1 is 1.14 bits per heavy atom. The number of imidazole rings is 1. The number of hydrogen-bond acceptors (Lipinski definition) is 3. The van der Waals surface area contributed by atoms with Crippen molar-refractivity contribution in [3.05, 3.63) is 60.2 Å². The molecule has 1 aromatic carbocycles. The van der Waals surface area contributed by atoms with Crippen LogP contribution in [0.15, 0.2) is 49.1 Å². The van der Waals surface area contributed by atoms with Crippen LogP contribution < -0.4 is 9.80 Å². The van der Waals surface area contributed by atoms with Gasteiger partial charge in [-0.1, -0.05) is 6.92 Å². The lowest BCUT2D eigenvalue weighted by Crippen LogP contribution is -2.39. The van der Waals surface area contributed by atoms with Crippen LogP contribution in [0.1, 0.15) is 54.9 Å². The van der Waals surface area contributed by atoms with E-state index in [1.165, 1.54) is 36.9 Å². The number of hydrogen-bond donors (Lipinski definition) is 0. The fourth-order valence-corrected chi connectivity index (χ4v) is 4.95. The van der Waals surface area contributed by atoms with Gasteiger partial charge in [-0.25, -0.2) is 4.98 Å². The van der Waals surface area contributed by atoms with E-state index in [9.17, 15) is 4.79 Å². The molecule has 150 valence electrons. The zero-order valence-corrected chi connectivity index (χ0v) is 17.1. The predicted molar refractivity (Wildman–Crippen MR) is 117 cm³/mol. The van der Waals surface area contributed by atoms with Crippen molar-refractivity contribution in [3.63, 3.8) is 0 Å². The molecule has 1 saturated heterocycles. The predicted octanol–water partition coefficient (Wildman–Crippen LogP) is 4.70. The summed E-state index contributed by atoms with van der Waals surface area (Å²) in [5, 5.41) is 0. The van der Waals surface area contributed by atoms with Crippen LogP contribution in [0.2, 0.25) is 0 Å². The number of rotatable bonds is 3. The average Bonchev–Trinajstić information content (AvgIpc) is 3.25. The molecule has 0 bridgehead atoms. The molecule has 1 atom stereocenters. The number of amides is 1. The minimum absolute atomic E-state index is 0.0757. The first kappa shape index (κ1) is 18.2. The fourth-order valence-electron chi connectivity index (χ4n) is 4.95. The fraction of sp³-hybridized carbons (Fsp3) is 0.417. The molecule has 2 aromatic heterocycles. The lowest BCUT2D eigenvalue weighted by atomic mass is 9.96. The zero-order chi connectivity index (χ0) is 19.8. The number of pyridine rings is 1. The second-order valence-corrected chi connectivity index (χ2v) is 8.27. The Balaban J connectivity index is 1.45. The average molecular weight is 389 g/mol. The third-order valence-electron chi connectivity index (χ3n) is 6.52. The van der Waals surface area contributed by atoms with Gasteiger partial charge in [0.15, 0.2) is 0 Å². The normalized spacial score (nSPS) is 19.4. The van der Waals surface area contributed by atoms with Crippen molar-refractivity contribution < 1.29 is 4.79 Å². The Bertz CT molecular complexity index is 1040. The van der Waals surface area contributed by atoms with Crippen molar-refractivity contribution in [2.45, 2.75) is 51.5 Å². The van der Waals surface area contributed by atoms with Gasteiger partial charge in [-0.2, -0.15) is 0 Å². The minimum Gasteiger partial charge on any atom is -0.369 e. The van der Waals surface area contributed by atoms with Gasteiger partial charge in [0.05, 0.1) is 18.0 Å².